The van der Waals surface area contributed by atoms with E-state index in [9.17, 15) is 9.18 Å². The normalized spacial score (nSPS) is 28.6. The number of hydrogen-bond donors (Lipinski definition) is 1. The van der Waals surface area contributed by atoms with Crippen molar-refractivity contribution in [1.82, 2.24) is 10.2 Å². The highest BCUT2D eigenvalue weighted by Crippen LogP contribution is 2.37. The lowest BCUT2D eigenvalue weighted by Crippen LogP contribution is -2.43. The smallest absolute Gasteiger partial charge is 0.255 e. The highest BCUT2D eigenvalue weighted by Gasteiger charge is 2.38. The molecule has 21 heavy (non-hydrogen) atoms. The van der Waals surface area contributed by atoms with Gasteiger partial charge in [-0.15, -0.1) is 0 Å². The Morgan fingerprint density at radius 2 is 2.05 bits per heavy atom. The van der Waals surface area contributed by atoms with Crippen molar-refractivity contribution in [1.29, 1.82) is 0 Å². The maximum atomic E-state index is 13.8. The fraction of sp³-hybridized carbons (Fsp3) is 0.562. The Hall–Kier alpha value is -0.940. The van der Waals surface area contributed by atoms with E-state index in [1.807, 2.05) is 0 Å². The van der Waals surface area contributed by atoms with Crippen LogP contribution in [0.3, 0.4) is 0 Å². The Morgan fingerprint density at radius 3 is 2.67 bits per heavy atom. The van der Waals surface area contributed by atoms with Gasteiger partial charge in [0.2, 0.25) is 0 Å². The van der Waals surface area contributed by atoms with Gasteiger partial charge in [-0.05, 0) is 66.7 Å². The number of benzene rings is 1. The van der Waals surface area contributed by atoms with E-state index in [-0.39, 0.29) is 11.5 Å². The quantitative estimate of drug-likeness (QED) is 0.903. The van der Waals surface area contributed by atoms with Crippen molar-refractivity contribution >= 4 is 21.8 Å². The number of nitrogens with one attached hydrogen (secondary N) is 1. The van der Waals surface area contributed by atoms with E-state index in [0.717, 1.165) is 12.8 Å². The van der Waals surface area contributed by atoms with Crippen molar-refractivity contribution in [2.24, 2.45) is 5.92 Å². The summed E-state index contributed by atoms with van der Waals surface area (Å²) >= 11 is 3.24. The lowest BCUT2D eigenvalue weighted by atomic mass is 9.91. The van der Waals surface area contributed by atoms with Gasteiger partial charge in [-0.25, -0.2) is 4.39 Å². The molecule has 3 nitrogen and oxygen atoms in total. The van der Waals surface area contributed by atoms with E-state index in [1.54, 1.807) is 12.1 Å². The van der Waals surface area contributed by atoms with Crippen LogP contribution in [-0.4, -0.2) is 36.5 Å². The SMILES string of the molecule is CN1C2CCC1CC(CNC(=O)c1c(F)cccc1Br)C2. The summed E-state index contributed by atoms with van der Waals surface area (Å²) in [6.07, 6.45) is 4.80. The lowest BCUT2D eigenvalue weighted by Gasteiger charge is -2.36. The van der Waals surface area contributed by atoms with Gasteiger partial charge in [0.1, 0.15) is 5.82 Å². The van der Waals surface area contributed by atoms with Crippen LogP contribution in [0.5, 0.6) is 0 Å². The van der Waals surface area contributed by atoms with E-state index in [1.165, 1.54) is 18.9 Å². The van der Waals surface area contributed by atoms with Crippen LogP contribution < -0.4 is 5.32 Å². The van der Waals surface area contributed by atoms with Crippen LogP contribution in [0, 0.1) is 11.7 Å². The van der Waals surface area contributed by atoms with E-state index >= 15 is 0 Å². The summed E-state index contributed by atoms with van der Waals surface area (Å²) in [6.45, 7) is 0.639. The van der Waals surface area contributed by atoms with E-state index in [0.29, 0.717) is 29.0 Å². The molecule has 2 aliphatic heterocycles. The van der Waals surface area contributed by atoms with Gasteiger partial charge in [0, 0.05) is 23.1 Å². The van der Waals surface area contributed by atoms with Crippen molar-refractivity contribution < 1.29 is 9.18 Å². The van der Waals surface area contributed by atoms with Gasteiger partial charge in [0.05, 0.1) is 5.56 Å². The molecule has 0 spiro atoms. The molecule has 1 aromatic carbocycles. The van der Waals surface area contributed by atoms with Gasteiger partial charge >= 0.3 is 0 Å². The van der Waals surface area contributed by atoms with E-state index in [2.05, 4.69) is 33.2 Å². The largest absolute Gasteiger partial charge is 0.352 e. The number of carbonyl (C=O) groups is 1. The molecule has 0 aromatic heterocycles. The van der Waals surface area contributed by atoms with Crippen LogP contribution in [0.4, 0.5) is 4.39 Å². The maximum absolute atomic E-state index is 13.8. The van der Waals surface area contributed by atoms with Gasteiger partial charge in [-0.3, -0.25) is 4.79 Å². The molecule has 2 aliphatic rings. The minimum absolute atomic E-state index is 0.105. The zero-order valence-electron chi connectivity index (χ0n) is 12.1. The van der Waals surface area contributed by atoms with Crippen LogP contribution in [0.25, 0.3) is 0 Å². The number of amides is 1. The molecular formula is C16H20BrFN2O. The molecule has 0 radical (unpaired) electrons. The Balaban J connectivity index is 1.60. The predicted octanol–water partition coefficient (Wildman–Crippen LogP) is 3.19. The first-order chi connectivity index (χ1) is 10.1. The molecule has 2 fully saturated rings. The number of carbonyl (C=O) groups excluding carboxylic acids is 1. The Bertz CT molecular complexity index is 517. The van der Waals surface area contributed by atoms with Crippen LogP contribution >= 0.6 is 15.9 Å². The second kappa shape index (κ2) is 6.05. The molecule has 0 aliphatic carbocycles. The minimum Gasteiger partial charge on any atom is -0.352 e. The Kier molecular flexibility index (Phi) is 4.31. The molecule has 3 rings (SSSR count). The summed E-state index contributed by atoms with van der Waals surface area (Å²) < 4.78 is 14.3. The van der Waals surface area contributed by atoms with Crippen molar-refractivity contribution in [3.8, 4) is 0 Å². The van der Waals surface area contributed by atoms with Gasteiger partial charge in [-0.1, -0.05) is 6.07 Å². The average molecular weight is 355 g/mol. The third kappa shape index (κ3) is 2.99. The fourth-order valence-corrected chi connectivity index (χ4v) is 4.25. The second-order valence-electron chi connectivity index (χ2n) is 6.19. The third-order valence-electron chi connectivity index (χ3n) is 4.94. The zero-order valence-corrected chi connectivity index (χ0v) is 13.7. The van der Waals surface area contributed by atoms with Crippen LogP contribution in [-0.2, 0) is 0 Å². The Morgan fingerprint density at radius 1 is 1.38 bits per heavy atom. The standard InChI is InChI=1S/C16H20BrFN2O/c1-20-11-5-6-12(20)8-10(7-11)9-19-16(21)15-13(17)3-2-4-14(15)18/h2-4,10-12H,5-9H2,1H3,(H,19,21). The highest BCUT2D eigenvalue weighted by molar-refractivity contribution is 9.10. The first-order valence-electron chi connectivity index (χ1n) is 7.50. The number of rotatable bonds is 3. The molecule has 2 unspecified atom stereocenters. The molecule has 0 saturated carbocycles. The highest BCUT2D eigenvalue weighted by atomic mass is 79.9. The number of nitrogens with zero attached hydrogens (tertiary/aromatic N) is 1. The molecule has 1 amide bonds. The van der Waals surface area contributed by atoms with Crippen LogP contribution in [0.15, 0.2) is 22.7 Å². The first kappa shape index (κ1) is 15.0. The number of piperidine rings is 1. The lowest BCUT2D eigenvalue weighted by molar-refractivity contribution is 0.0913. The van der Waals surface area contributed by atoms with Crippen molar-refractivity contribution in [3.63, 3.8) is 0 Å². The first-order valence-corrected chi connectivity index (χ1v) is 8.29. The third-order valence-corrected chi connectivity index (χ3v) is 5.60. The van der Waals surface area contributed by atoms with Crippen LogP contribution in [0.1, 0.15) is 36.0 Å². The summed E-state index contributed by atoms with van der Waals surface area (Å²) in [5, 5.41) is 2.91. The molecule has 2 bridgehead atoms. The summed E-state index contributed by atoms with van der Waals surface area (Å²) in [5.41, 5.74) is 0.105. The molecule has 2 atom stereocenters. The van der Waals surface area contributed by atoms with E-state index < -0.39 is 5.82 Å². The molecule has 1 aromatic rings. The molecule has 2 saturated heterocycles. The van der Waals surface area contributed by atoms with Gasteiger partial charge < -0.3 is 10.2 Å². The monoisotopic (exact) mass is 354 g/mol. The summed E-state index contributed by atoms with van der Waals surface area (Å²) in [7, 11) is 2.20. The van der Waals surface area contributed by atoms with Crippen LogP contribution in [0.2, 0.25) is 0 Å². The average Bonchev–Trinajstić information content (AvgIpc) is 2.67. The molecular weight excluding hydrogens is 335 g/mol. The van der Waals surface area contributed by atoms with Gasteiger partial charge in [0.15, 0.2) is 0 Å². The fourth-order valence-electron chi connectivity index (χ4n) is 3.73. The van der Waals surface area contributed by atoms with Crippen molar-refractivity contribution in [3.05, 3.63) is 34.1 Å². The van der Waals surface area contributed by atoms with Gasteiger partial charge in [-0.2, -0.15) is 0 Å². The number of fused-ring (bicyclic) bond motifs is 2. The number of hydrogen-bond acceptors (Lipinski definition) is 2. The minimum atomic E-state index is -0.481. The predicted molar refractivity (Wildman–Crippen MR) is 83.7 cm³/mol. The summed E-state index contributed by atoms with van der Waals surface area (Å²) in [5.74, 6) is -0.301. The Labute approximate surface area is 133 Å². The summed E-state index contributed by atoms with van der Waals surface area (Å²) in [4.78, 5) is 14.7. The number of halogens is 2. The van der Waals surface area contributed by atoms with Crippen molar-refractivity contribution in [2.75, 3.05) is 13.6 Å². The zero-order chi connectivity index (χ0) is 15.0. The summed E-state index contributed by atoms with van der Waals surface area (Å²) in [6, 6.07) is 5.91. The van der Waals surface area contributed by atoms with Gasteiger partial charge in [0.25, 0.3) is 5.91 Å². The van der Waals surface area contributed by atoms with Crippen molar-refractivity contribution in [2.45, 2.75) is 37.8 Å². The molecule has 5 heteroatoms. The topological polar surface area (TPSA) is 32.3 Å². The molecule has 114 valence electrons. The second-order valence-corrected chi connectivity index (χ2v) is 7.05. The molecule has 1 N–H and O–H groups in total. The maximum Gasteiger partial charge on any atom is 0.255 e. The molecule has 2 heterocycles. The van der Waals surface area contributed by atoms with E-state index in [4.69, 9.17) is 0 Å².